The number of carbonyl (C=O) groups is 1. The number of hydrogen-bond acceptors (Lipinski definition) is 2. The molecule has 2 atom stereocenters. The lowest BCUT2D eigenvalue weighted by molar-refractivity contribution is 0.0969. The van der Waals surface area contributed by atoms with Gasteiger partial charge in [-0.15, -0.1) is 0 Å². The molecule has 37 heavy (non-hydrogen) atoms. The van der Waals surface area contributed by atoms with Crippen LogP contribution in [0.25, 0.3) is 0 Å². The standard InChI is InChI=1S/C35H29NO/c37-33(28-18-8-2-9-19-28)26-32(27-16-6-1-7-17-27)35(31-24-14-5-15-25-31)36-34(29-20-10-3-11-21-29)30-22-12-4-13-23-30/h1-25,32,35H,26H2/t32-,35-/m0/s1. The molecule has 0 heterocycles. The summed E-state index contributed by atoms with van der Waals surface area (Å²) in [5, 5.41) is 0. The molecule has 0 bridgehead atoms. The zero-order valence-corrected chi connectivity index (χ0v) is 20.7. The first-order valence-electron chi connectivity index (χ1n) is 12.7. The van der Waals surface area contributed by atoms with E-state index in [-0.39, 0.29) is 17.7 Å². The first-order chi connectivity index (χ1) is 18.3. The van der Waals surface area contributed by atoms with E-state index in [1.165, 1.54) is 0 Å². The van der Waals surface area contributed by atoms with Crippen molar-refractivity contribution < 1.29 is 4.79 Å². The molecular formula is C35H29NO. The van der Waals surface area contributed by atoms with Crippen LogP contribution in [-0.4, -0.2) is 11.5 Å². The number of aliphatic imine (C=N–C) groups is 1. The Bertz CT molecular complexity index is 1390. The van der Waals surface area contributed by atoms with Gasteiger partial charge in [0.25, 0.3) is 0 Å². The van der Waals surface area contributed by atoms with E-state index in [0.717, 1.165) is 33.5 Å². The van der Waals surface area contributed by atoms with Crippen molar-refractivity contribution >= 4 is 11.5 Å². The molecule has 0 N–H and O–H groups in total. The quantitative estimate of drug-likeness (QED) is 0.154. The van der Waals surface area contributed by atoms with Crippen molar-refractivity contribution in [2.75, 3.05) is 0 Å². The molecule has 0 spiro atoms. The summed E-state index contributed by atoms with van der Waals surface area (Å²) in [7, 11) is 0. The normalized spacial score (nSPS) is 12.3. The van der Waals surface area contributed by atoms with Gasteiger partial charge < -0.3 is 0 Å². The molecule has 5 aromatic carbocycles. The largest absolute Gasteiger partial charge is 0.294 e. The second-order valence-corrected chi connectivity index (χ2v) is 9.08. The predicted molar refractivity (Wildman–Crippen MR) is 152 cm³/mol. The van der Waals surface area contributed by atoms with E-state index in [4.69, 9.17) is 4.99 Å². The van der Waals surface area contributed by atoms with Gasteiger partial charge in [0, 0.05) is 29.0 Å². The summed E-state index contributed by atoms with van der Waals surface area (Å²) in [6, 6.07) is 50.5. The summed E-state index contributed by atoms with van der Waals surface area (Å²) in [6.45, 7) is 0. The van der Waals surface area contributed by atoms with Crippen LogP contribution in [0, 0.1) is 0 Å². The molecular weight excluding hydrogens is 450 g/mol. The lowest BCUT2D eigenvalue weighted by Crippen LogP contribution is -2.17. The maximum absolute atomic E-state index is 13.5. The van der Waals surface area contributed by atoms with Gasteiger partial charge in [0.05, 0.1) is 11.8 Å². The van der Waals surface area contributed by atoms with Crippen molar-refractivity contribution in [3.05, 3.63) is 179 Å². The number of carbonyl (C=O) groups excluding carboxylic acids is 1. The summed E-state index contributed by atoms with van der Waals surface area (Å²) in [6.07, 6.45) is 0.355. The van der Waals surface area contributed by atoms with Crippen molar-refractivity contribution in [3.8, 4) is 0 Å². The summed E-state index contributed by atoms with van der Waals surface area (Å²) >= 11 is 0. The zero-order chi connectivity index (χ0) is 25.3. The fraction of sp³-hybridized carbons (Fsp3) is 0.0857. The van der Waals surface area contributed by atoms with Crippen LogP contribution in [0.3, 0.4) is 0 Å². The molecule has 5 rings (SSSR count). The highest BCUT2D eigenvalue weighted by molar-refractivity contribution is 6.13. The molecule has 0 amide bonds. The highest BCUT2D eigenvalue weighted by Gasteiger charge is 2.28. The maximum atomic E-state index is 13.5. The third-order valence-corrected chi connectivity index (χ3v) is 6.61. The molecule has 5 aromatic rings. The molecule has 2 heteroatoms. The second-order valence-electron chi connectivity index (χ2n) is 9.08. The molecule has 0 saturated heterocycles. The lowest BCUT2D eigenvalue weighted by Gasteiger charge is -2.26. The van der Waals surface area contributed by atoms with Gasteiger partial charge in [-0.3, -0.25) is 9.79 Å². The monoisotopic (exact) mass is 479 g/mol. The SMILES string of the molecule is O=C(C[C@@H](c1ccccc1)[C@@H](N=C(c1ccccc1)c1ccccc1)c1ccccc1)c1ccccc1. The first kappa shape index (κ1) is 24.1. The Hall–Kier alpha value is -4.56. The van der Waals surface area contributed by atoms with Crippen molar-refractivity contribution in [1.29, 1.82) is 0 Å². The first-order valence-corrected chi connectivity index (χ1v) is 12.7. The fourth-order valence-electron chi connectivity index (χ4n) is 4.75. The van der Waals surface area contributed by atoms with Crippen LogP contribution in [0.2, 0.25) is 0 Å². The molecule has 0 aliphatic heterocycles. The number of Topliss-reactive ketones (excluding diaryl/α,β-unsaturated/α-hetero) is 1. The van der Waals surface area contributed by atoms with Crippen LogP contribution < -0.4 is 0 Å². The Balaban J connectivity index is 1.68. The van der Waals surface area contributed by atoms with Crippen molar-refractivity contribution in [2.24, 2.45) is 4.99 Å². The molecule has 0 saturated carbocycles. The summed E-state index contributed by atoms with van der Waals surface area (Å²) in [5.74, 6) is -0.0229. The van der Waals surface area contributed by atoms with Crippen molar-refractivity contribution in [1.82, 2.24) is 0 Å². The van der Waals surface area contributed by atoms with Gasteiger partial charge in [-0.05, 0) is 11.1 Å². The minimum Gasteiger partial charge on any atom is -0.294 e. The van der Waals surface area contributed by atoms with E-state index < -0.39 is 0 Å². The van der Waals surface area contributed by atoms with Crippen molar-refractivity contribution in [2.45, 2.75) is 18.4 Å². The molecule has 0 aliphatic rings. The third kappa shape index (κ3) is 5.99. The molecule has 0 radical (unpaired) electrons. The summed E-state index contributed by atoms with van der Waals surface area (Å²) in [4.78, 5) is 19.0. The van der Waals surface area contributed by atoms with E-state index >= 15 is 0 Å². The molecule has 0 unspecified atom stereocenters. The van der Waals surface area contributed by atoms with Crippen LogP contribution in [0.1, 0.15) is 51.0 Å². The number of benzene rings is 5. The maximum Gasteiger partial charge on any atom is 0.163 e. The van der Waals surface area contributed by atoms with Crippen LogP contribution in [0.5, 0.6) is 0 Å². The Morgan fingerprint density at radius 2 is 0.865 bits per heavy atom. The molecule has 0 aromatic heterocycles. The Morgan fingerprint density at radius 1 is 0.486 bits per heavy atom. The molecule has 2 nitrogen and oxygen atoms in total. The van der Waals surface area contributed by atoms with Crippen LogP contribution in [-0.2, 0) is 0 Å². The molecule has 0 fully saturated rings. The van der Waals surface area contributed by atoms with E-state index in [1.54, 1.807) is 0 Å². The smallest absolute Gasteiger partial charge is 0.163 e. The highest BCUT2D eigenvalue weighted by atomic mass is 16.1. The van der Waals surface area contributed by atoms with Crippen LogP contribution in [0.4, 0.5) is 0 Å². The average molecular weight is 480 g/mol. The van der Waals surface area contributed by atoms with Crippen LogP contribution >= 0.6 is 0 Å². The number of rotatable bonds is 9. The van der Waals surface area contributed by atoms with E-state index in [2.05, 4.69) is 48.5 Å². The highest BCUT2D eigenvalue weighted by Crippen LogP contribution is 2.38. The third-order valence-electron chi connectivity index (χ3n) is 6.61. The lowest BCUT2D eigenvalue weighted by atomic mass is 9.82. The number of ketones is 1. The molecule has 180 valence electrons. The topological polar surface area (TPSA) is 29.4 Å². The number of nitrogens with zero attached hydrogens (tertiary/aromatic N) is 1. The van der Waals surface area contributed by atoms with Crippen molar-refractivity contribution in [3.63, 3.8) is 0 Å². The molecule has 0 aliphatic carbocycles. The Labute approximate surface area is 219 Å². The Kier molecular flexibility index (Phi) is 7.78. The van der Waals surface area contributed by atoms with Crippen LogP contribution in [0.15, 0.2) is 157 Å². The van der Waals surface area contributed by atoms with Gasteiger partial charge >= 0.3 is 0 Å². The average Bonchev–Trinajstić information content (AvgIpc) is 2.99. The van der Waals surface area contributed by atoms with Gasteiger partial charge in [-0.1, -0.05) is 152 Å². The second kappa shape index (κ2) is 11.9. The minimum absolute atomic E-state index is 0.117. The van der Waals surface area contributed by atoms with E-state index in [1.807, 2.05) is 103 Å². The van der Waals surface area contributed by atoms with Gasteiger partial charge in [0.15, 0.2) is 5.78 Å². The predicted octanol–water partition coefficient (Wildman–Crippen LogP) is 8.32. The summed E-state index contributed by atoms with van der Waals surface area (Å²) < 4.78 is 0. The van der Waals surface area contributed by atoms with E-state index in [0.29, 0.717) is 6.42 Å². The van der Waals surface area contributed by atoms with Gasteiger partial charge in [-0.25, -0.2) is 0 Å². The zero-order valence-electron chi connectivity index (χ0n) is 20.7. The van der Waals surface area contributed by atoms with Gasteiger partial charge in [0.2, 0.25) is 0 Å². The Morgan fingerprint density at radius 3 is 1.32 bits per heavy atom. The van der Waals surface area contributed by atoms with E-state index in [9.17, 15) is 4.79 Å². The van der Waals surface area contributed by atoms with Gasteiger partial charge in [0.1, 0.15) is 0 Å². The minimum atomic E-state index is -0.258. The van der Waals surface area contributed by atoms with Gasteiger partial charge in [-0.2, -0.15) is 0 Å². The number of hydrogen-bond donors (Lipinski definition) is 0. The summed E-state index contributed by atoms with van der Waals surface area (Å²) in [5.41, 5.74) is 5.94. The fourth-order valence-corrected chi connectivity index (χ4v) is 4.75.